The van der Waals surface area contributed by atoms with Gasteiger partial charge in [-0.05, 0) is 42.7 Å². The van der Waals surface area contributed by atoms with Crippen molar-refractivity contribution in [1.82, 2.24) is 14.9 Å². The molecule has 6 rings (SSSR count). The van der Waals surface area contributed by atoms with Crippen molar-refractivity contribution in [2.24, 2.45) is 0 Å². The number of ether oxygens (including phenoxy) is 1. The molecule has 0 bridgehead atoms. The molecule has 3 heterocycles. The Balaban J connectivity index is 1.09. The fraction of sp³-hybridized carbons (Fsp3) is 0.333. The van der Waals surface area contributed by atoms with E-state index in [1.807, 2.05) is 24.7 Å². The molecule has 1 aliphatic carbocycles. The Kier molecular flexibility index (Phi) is 4.24. The number of fused-ring (bicyclic) bond motifs is 5. The number of carbonyl (C=O) groups excluding carboxylic acids is 1. The minimum absolute atomic E-state index is 0.0832. The van der Waals surface area contributed by atoms with Gasteiger partial charge >= 0.3 is 6.03 Å². The molecule has 1 saturated heterocycles. The average molecular weight is 415 g/mol. The fourth-order valence-electron chi connectivity index (χ4n) is 5.28. The number of hydrogen-bond acceptors (Lipinski definition) is 4. The van der Waals surface area contributed by atoms with Crippen molar-refractivity contribution in [2.75, 3.05) is 36.5 Å². The predicted molar refractivity (Wildman–Crippen MR) is 119 cm³/mol. The maximum absolute atomic E-state index is 12.6. The van der Waals surface area contributed by atoms with Crippen LogP contribution in [0.1, 0.15) is 18.4 Å². The molecule has 1 aromatic heterocycles. The van der Waals surface area contributed by atoms with E-state index in [-0.39, 0.29) is 17.6 Å². The molecule has 1 spiro atoms. The normalized spacial score (nSPS) is 23.7. The van der Waals surface area contributed by atoms with E-state index in [0.717, 1.165) is 50.5 Å². The number of anilines is 2. The van der Waals surface area contributed by atoms with Crippen molar-refractivity contribution in [3.8, 4) is 11.3 Å². The lowest BCUT2D eigenvalue weighted by molar-refractivity contribution is 0.122. The van der Waals surface area contributed by atoms with Gasteiger partial charge in [0.2, 0.25) is 0 Å². The van der Waals surface area contributed by atoms with Crippen LogP contribution >= 0.6 is 0 Å². The molecule has 0 unspecified atom stereocenters. The first-order valence-electron chi connectivity index (χ1n) is 10.9. The molecule has 2 fully saturated rings. The third-order valence-corrected chi connectivity index (χ3v) is 6.81. The zero-order valence-corrected chi connectivity index (χ0v) is 17.3. The van der Waals surface area contributed by atoms with Crippen LogP contribution in [0.2, 0.25) is 0 Å². The largest absolute Gasteiger partial charge is 0.378 e. The number of rotatable bonds is 3. The summed E-state index contributed by atoms with van der Waals surface area (Å²) in [6.45, 7) is 3.32. The van der Waals surface area contributed by atoms with E-state index in [4.69, 9.17) is 4.74 Å². The van der Waals surface area contributed by atoms with E-state index in [1.54, 1.807) is 0 Å². The van der Waals surface area contributed by atoms with Gasteiger partial charge in [-0.15, -0.1) is 0 Å². The quantitative estimate of drug-likeness (QED) is 0.688. The first-order chi connectivity index (χ1) is 15.2. The Morgan fingerprint density at radius 3 is 2.65 bits per heavy atom. The number of urea groups is 1. The van der Waals surface area contributed by atoms with Crippen molar-refractivity contribution in [2.45, 2.75) is 24.4 Å². The van der Waals surface area contributed by atoms with Crippen LogP contribution in [0.5, 0.6) is 0 Å². The highest BCUT2D eigenvalue weighted by Crippen LogP contribution is 2.54. The van der Waals surface area contributed by atoms with E-state index in [0.29, 0.717) is 0 Å². The second-order valence-electron chi connectivity index (χ2n) is 8.58. The van der Waals surface area contributed by atoms with E-state index in [2.05, 4.69) is 61.5 Å². The lowest BCUT2D eigenvalue weighted by Crippen LogP contribution is -2.56. The number of nitrogens with one attached hydrogen (secondary N) is 2. The summed E-state index contributed by atoms with van der Waals surface area (Å²) in [6, 6.07) is 16.5. The molecule has 31 heavy (non-hydrogen) atoms. The number of hydrogen-bond donors (Lipinski definition) is 2. The molecule has 2 aromatic carbocycles. The molecule has 3 aromatic rings. The van der Waals surface area contributed by atoms with Gasteiger partial charge in [-0.3, -0.25) is 0 Å². The van der Waals surface area contributed by atoms with Crippen molar-refractivity contribution < 1.29 is 9.53 Å². The number of nitrogens with zero attached hydrogens (tertiary/aromatic N) is 3. The third-order valence-electron chi connectivity index (χ3n) is 6.81. The number of imidazole rings is 1. The zero-order valence-electron chi connectivity index (χ0n) is 17.3. The number of carbonyl (C=O) groups is 1. The molecule has 3 aliphatic rings. The summed E-state index contributed by atoms with van der Waals surface area (Å²) >= 11 is 0. The van der Waals surface area contributed by atoms with Crippen LogP contribution in [-0.2, 0) is 10.3 Å². The monoisotopic (exact) mass is 415 g/mol. The zero-order chi connectivity index (χ0) is 20.8. The molecule has 2 aliphatic heterocycles. The minimum atomic E-state index is -0.156. The summed E-state index contributed by atoms with van der Waals surface area (Å²) in [5.74, 6) is 0. The van der Waals surface area contributed by atoms with E-state index >= 15 is 0 Å². The lowest BCUT2D eigenvalue weighted by Gasteiger charge is -2.47. The molecular formula is C24H25N5O2. The second-order valence-corrected chi connectivity index (χ2v) is 8.58. The Bertz CT molecular complexity index is 1110. The van der Waals surface area contributed by atoms with Gasteiger partial charge < -0.3 is 24.8 Å². The SMILES string of the molecule is O=C(Nc1ccc(N2CCOCC2)cc1)NC1CC2(C1)c1ccccc1-c1cncn12. The summed E-state index contributed by atoms with van der Waals surface area (Å²) in [6.07, 6.45) is 5.59. The summed E-state index contributed by atoms with van der Waals surface area (Å²) in [5, 5.41) is 6.11. The van der Waals surface area contributed by atoms with Gasteiger partial charge in [-0.25, -0.2) is 9.78 Å². The van der Waals surface area contributed by atoms with Crippen LogP contribution in [0.15, 0.2) is 61.1 Å². The maximum atomic E-state index is 12.6. The van der Waals surface area contributed by atoms with Gasteiger partial charge in [-0.2, -0.15) is 0 Å². The average Bonchev–Trinajstić information content (AvgIpc) is 3.36. The van der Waals surface area contributed by atoms with Gasteiger partial charge in [0.25, 0.3) is 0 Å². The highest BCUT2D eigenvalue weighted by molar-refractivity contribution is 5.89. The molecule has 2 N–H and O–H groups in total. The molecular weight excluding hydrogens is 390 g/mol. The molecule has 0 atom stereocenters. The highest BCUT2D eigenvalue weighted by Gasteiger charge is 2.52. The first-order valence-corrected chi connectivity index (χ1v) is 10.9. The first kappa shape index (κ1) is 18.4. The topological polar surface area (TPSA) is 71.4 Å². The minimum Gasteiger partial charge on any atom is -0.378 e. The summed E-state index contributed by atoms with van der Waals surface area (Å²) < 4.78 is 7.68. The predicted octanol–water partition coefficient (Wildman–Crippen LogP) is 3.43. The highest BCUT2D eigenvalue weighted by atomic mass is 16.5. The van der Waals surface area contributed by atoms with Crippen molar-refractivity contribution in [3.63, 3.8) is 0 Å². The van der Waals surface area contributed by atoms with Crippen LogP contribution in [0, 0.1) is 0 Å². The van der Waals surface area contributed by atoms with Crippen molar-refractivity contribution in [3.05, 3.63) is 66.6 Å². The van der Waals surface area contributed by atoms with Crippen LogP contribution in [0.4, 0.5) is 16.2 Å². The molecule has 1 saturated carbocycles. The Labute approximate surface area is 181 Å². The second kappa shape index (κ2) is 7.13. The third kappa shape index (κ3) is 2.99. The number of aromatic nitrogens is 2. The number of benzene rings is 2. The standard InChI is InChI=1S/C24H25N5O2/c30-23(26-17-5-7-19(8-6-17)28-9-11-31-12-10-28)27-18-13-24(14-18)21-4-2-1-3-20(21)22-15-25-16-29(22)24/h1-8,15-16,18H,9-14H2,(H2,26,27,30). The molecule has 7 nitrogen and oxygen atoms in total. The summed E-state index contributed by atoms with van der Waals surface area (Å²) in [4.78, 5) is 19.2. The molecule has 2 amide bonds. The Morgan fingerprint density at radius 2 is 1.84 bits per heavy atom. The van der Waals surface area contributed by atoms with Gasteiger partial charge in [0, 0.05) is 36.1 Å². The Morgan fingerprint density at radius 1 is 1.06 bits per heavy atom. The summed E-state index contributed by atoms with van der Waals surface area (Å²) in [7, 11) is 0. The fourth-order valence-corrected chi connectivity index (χ4v) is 5.28. The molecule has 0 radical (unpaired) electrons. The van der Waals surface area contributed by atoms with Crippen LogP contribution in [0.25, 0.3) is 11.3 Å². The van der Waals surface area contributed by atoms with E-state index < -0.39 is 0 Å². The Hall–Kier alpha value is -3.32. The van der Waals surface area contributed by atoms with E-state index in [1.165, 1.54) is 16.8 Å². The molecule has 7 heteroatoms. The maximum Gasteiger partial charge on any atom is 0.319 e. The van der Waals surface area contributed by atoms with E-state index in [9.17, 15) is 4.79 Å². The van der Waals surface area contributed by atoms with Crippen LogP contribution < -0.4 is 15.5 Å². The summed E-state index contributed by atoms with van der Waals surface area (Å²) in [5.41, 5.74) is 5.63. The molecule has 158 valence electrons. The van der Waals surface area contributed by atoms with Crippen molar-refractivity contribution in [1.29, 1.82) is 0 Å². The van der Waals surface area contributed by atoms with Gasteiger partial charge in [0.15, 0.2) is 0 Å². The smallest absolute Gasteiger partial charge is 0.319 e. The van der Waals surface area contributed by atoms with Crippen LogP contribution in [0.3, 0.4) is 0 Å². The number of amides is 2. The van der Waals surface area contributed by atoms with Crippen LogP contribution in [-0.4, -0.2) is 47.9 Å². The van der Waals surface area contributed by atoms with Gasteiger partial charge in [0.05, 0.1) is 37.0 Å². The van der Waals surface area contributed by atoms with Gasteiger partial charge in [0.1, 0.15) is 0 Å². The van der Waals surface area contributed by atoms with Gasteiger partial charge in [-0.1, -0.05) is 24.3 Å². The van der Waals surface area contributed by atoms with Crippen molar-refractivity contribution >= 4 is 17.4 Å². The number of morpholine rings is 1. The lowest BCUT2D eigenvalue weighted by atomic mass is 9.68.